The zero-order chi connectivity index (χ0) is 79.9. The van der Waals surface area contributed by atoms with Crippen molar-refractivity contribution in [3.63, 3.8) is 0 Å². The molecule has 1 fully saturated rings. The highest BCUT2D eigenvalue weighted by Gasteiger charge is 2.52. The predicted octanol–water partition coefficient (Wildman–Crippen LogP) is 30.6. The van der Waals surface area contributed by atoms with E-state index < -0.39 is 18.3 Å². The zero-order valence-corrected chi connectivity index (χ0v) is 69.9. The summed E-state index contributed by atoms with van der Waals surface area (Å²) in [7, 11) is -0.494. The Morgan fingerprint density at radius 3 is 1.20 bits per heavy atom. The summed E-state index contributed by atoms with van der Waals surface area (Å²) in [4.78, 5) is 18.2. The average Bonchev–Trinajstić information content (AvgIpc) is 1.53. The molecule has 120 heavy (non-hydrogen) atoms. The summed E-state index contributed by atoms with van der Waals surface area (Å²) in [6.45, 7) is 8.55. The molecule has 0 atom stereocenters. The summed E-state index contributed by atoms with van der Waals surface area (Å²) in [6, 6.07) is 105. The second-order valence-electron chi connectivity index (χ2n) is 32.0. The average molecular weight is 1680 g/mol. The zero-order valence-electron chi connectivity index (χ0n) is 64.4. The first kappa shape index (κ1) is 70.7. The van der Waals surface area contributed by atoms with Crippen LogP contribution in [-0.4, -0.2) is 47.4 Å². The fourth-order valence-electron chi connectivity index (χ4n) is 18.7. The van der Waals surface area contributed by atoms with Crippen LogP contribution >= 0.6 is 80.1 Å². The lowest BCUT2D eigenvalue weighted by Gasteiger charge is -2.32. The van der Waals surface area contributed by atoms with Crippen molar-refractivity contribution in [1.29, 1.82) is 0 Å². The number of thiophene rings is 4. The van der Waals surface area contributed by atoms with Gasteiger partial charge in [0.25, 0.3) is 0 Å². The van der Waals surface area contributed by atoms with Gasteiger partial charge in [0.1, 0.15) is 27.9 Å². The molecule has 1 saturated heterocycles. The number of nitrogens with zero attached hydrogens (tertiary/aromatic N) is 6. The maximum atomic E-state index is 7.15. The van der Waals surface area contributed by atoms with Crippen LogP contribution < -0.4 is 5.46 Å². The summed E-state index contributed by atoms with van der Waals surface area (Å²) >= 11 is 26.1. The molecule has 0 amide bonds. The summed E-state index contributed by atoms with van der Waals surface area (Å²) < 4.78 is 40.3. The molecule has 27 rings (SSSR count). The van der Waals surface area contributed by atoms with Crippen LogP contribution in [0.5, 0.6) is 0 Å². The Bertz CT molecular complexity index is 8980. The number of rotatable bonds is 4. The van der Waals surface area contributed by atoms with Gasteiger partial charge in [-0.05, 0) is 179 Å². The first-order valence-corrected chi connectivity index (χ1v) is 44.1. The lowest BCUT2D eigenvalue weighted by atomic mass is 9.76. The van der Waals surface area contributed by atoms with Crippen molar-refractivity contribution in [3.8, 4) is 22.6 Å². The monoisotopic (exact) mass is 1680 g/mol. The highest BCUT2D eigenvalue weighted by atomic mass is 35.5. The Hall–Kier alpha value is -12.3. The van der Waals surface area contributed by atoms with Gasteiger partial charge < -0.3 is 27.3 Å². The van der Waals surface area contributed by atoms with E-state index in [1.54, 1.807) is 11.3 Å². The Kier molecular flexibility index (Phi) is 15.5. The van der Waals surface area contributed by atoms with Crippen LogP contribution in [0, 0.1) is 0 Å². The van der Waals surface area contributed by atoms with Gasteiger partial charge in [-0.1, -0.05) is 229 Å². The normalized spacial score (nSPS) is 13.8. The van der Waals surface area contributed by atoms with Gasteiger partial charge in [0.15, 0.2) is 15.5 Å². The van der Waals surface area contributed by atoms with Crippen LogP contribution in [-0.2, 0) is 9.31 Å². The molecule has 0 aliphatic carbocycles. The molecule has 0 N–H and O–H groups in total. The number of hydrogen-bond acceptors (Lipinski definition) is 12. The van der Waals surface area contributed by atoms with Gasteiger partial charge in [-0.25, -0.2) is 9.97 Å². The number of aromatic nitrogens is 6. The Morgan fingerprint density at radius 2 is 0.692 bits per heavy atom. The third-order valence-corrected chi connectivity index (χ3v) is 30.2. The van der Waals surface area contributed by atoms with E-state index in [0.717, 1.165) is 59.9 Å². The third-order valence-electron chi connectivity index (χ3n) is 24.8. The Labute approximate surface area is 713 Å². The SMILES string of the molecule is CC1(C)OB(c2cc(-n3c4ccccc4c4c5ccccc5c5c6cc7ccccc7cc6sc5c43)cc3sc4ccccc4c23)OC1(C)C.Clc1nc2oc3ccccc3c2nc1-c1cc(-n2c3ccccc3c3c4ccccc4c4c5cc6ccccc6cc5sc4c32)cc2sc3ccccc3c12.Clc1nc2oc3ccccc3c2nc1Cl. The van der Waals surface area contributed by atoms with Crippen LogP contribution in [0.4, 0.5) is 0 Å². The van der Waals surface area contributed by atoms with Crippen molar-refractivity contribution in [1.82, 2.24) is 29.1 Å². The third kappa shape index (κ3) is 10.5. The van der Waals surface area contributed by atoms with E-state index in [2.05, 4.69) is 289 Å². The first-order valence-electron chi connectivity index (χ1n) is 39.7. The van der Waals surface area contributed by atoms with Gasteiger partial charge in [0, 0.05) is 115 Å². The van der Waals surface area contributed by atoms with E-state index in [1.807, 2.05) is 82.5 Å². The highest BCUT2D eigenvalue weighted by molar-refractivity contribution is 7.28. The molecule has 0 spiro atoms. The summed E-state index contributed by atoms with van der Waals surface area (Å²) in [5.41, 5.74) is 12.4. The maximum Gasteiger partial charge on any atom is 0.495 e. The smallest absolute Gasteiger partial charge is 0.436 e. The molecule has 10 nitrogen and oxygen atoms in total. The molecule has 0 saturated carbocycles. The summed E-state index contributed by atoms with van der Waals surface area (Å²) in [5, 5.41) is 27.7. The van der Waals surface area contributed by atoms with E-state index in [0.29, 0.717) is 33.3 Å². The van der Waals surface area contributed by atoms with Gasteiger partial charge >= 0.3 is 7.12 Å². The van der Waals surface area contributed by atoms with Crippen molar-refractivity contribution < 1.29 is 18.1 Å². The number of para-hydroxylation sites is 4. The molecule has 1 aliphatic rings. The van der Waals surface area contributed by atoms with Crippen molar-refractivity contribution in [3.05, 3.63) is 307 Å². The van der Waals surface area contributed by atoms with Gasteiger partial charge in [-0.15, -0.1) is 45.3 Å². The fraction of sp³-hybridized carbons (Fsp3) is 0.0588. The number of benzene rings is 16. The molecule has 570 valence electrons. The second-order valence-corrected chi connectivity index (χ2v) is 37.3. The van der Waals surface area contributed by atoms with Crippen molar-refractivity contribution >= 4 is 305 Å². The van der Waals surface area contributed by atoms with Crippen molar-refractivity contribution in [2.24, 2.45) is 0 Å². The largest absolute Gasteiger partial charge is 0.495 e. The minimum atomic E-state index is -0.494. The van der Waals surface area contributed by atoms with Gasteiger partial charge in [-0.2, -0.15) is 9.97 Å². The number of furan rings is 2. The molecule has 26 aromatic rings. The van der Waals surface area contributed by atoms with E-state index in [9.17, 15) is 0 Å². The topological polar surface area (TPSA) is 106 Å². The van der Waals surface area contributed by atoms with Gasteiger partial charge in [0.2, 0.25) is 11.4 Å². The lowest BCUT2D eigenvalue weighted by molar-refractivity contribution is 0.00578. The molecular weight excluding hydrogens is 1620 g/mol. The van der Waals surface area contributed by atoms with E-state index >= 15 is 0 Å². The number of halogens is 3. The molecule has 16 aromatic carbocycles. The quantitative estimate of drug-likeness (QED) is 0.160. The summed E-state index contributed by atoms with van der Waals surface area (Å²) in [5.74, 6) is 0. The van der Waals surface area contributed by atoms with Gasteiger partial charge in [0.05, 0.1) is 42.7 Å². The molecule has 0 bridgehead atoms. The fourth-order valence-corrected chi connectivity index (χ4v) is 24.1. The van der Waals surface area contributed by atoms with E-state index in [4.69, 9.17) is 62.9 Å². The molecule has 0 unspecified atom stereocenters. The summed E-state index contributed by atoms with van der Waals surface area (Å²) in [6.07, 6.45) is 0. The minimum absolute atomic E-state index is 0.156. The van der Waals surface area contributed by atoms with Crippen LogP contribution in [0.15, 0.2) is 300 Å². The van der Waals surface area contributed by atoms with Crippen LogP contribution in [0.3, 0.4) is 0 Å². The standard InChI is InChI=1S/C48H24ClN3OS2.C44H32BNO2S2.C10H4Cl2N2O/c49-47-43(50-44-31-16-6-9-19-36(31)53-48(44)51-47)34-23-27(24-39-40(34)32-17-7-10-20-37(32)54-39)52-35-18-8-5-15-30(35)41-28-13-3-4-14-29(28)42-33-21-25-11-1-2-12-26(25)22-38(33)55-46(42)45(41)52;1-43(2)44(3,4)48-45(47-43)33-23-27(24-37-40(33)31-18-10-12-20-35(31)49-37)46-34-19-11-9-17-30(34)38-28-15-7-8-16-29(28)39-32-21-25-13-5-6-14-26(25)22-36(32)50-42(39)41(38)46;11-8-9(12)14-10-7(13-8)5-3-1-2-4-6(5)15-10/h1-24H;5-24H,1-4H3;1-4H. The van der Waals surface area contributed by atoms with Crippen molar-refractivity contribution in [2.45, 2.75) is 38.9 Å². The van der Waals surface area contributed by atoms with E-state index in [-0.39, 0.29) is 10.3 Å². The van der Waals surface area contributed by atoms with Crippen LogP contribution in [0.2, 0.25) is 15.5 Å². The van der Waals surface area contributed by atoms with Crippen LogP contribution in [0.1, 0.15) is 27.7 Å². The molecular formula is C102H60BCl3N6O4S4. The highest BCUT2D eigenvalue weighted by Crippen LogP contribution is 2.54. The number of hydrogen-bond donors (Lipinski definition) is 0. The lowest BCUT2D eigenvalue weighted by Crippen LogP contribution is -2.41. The predicted molar refractivity (Wildman–Crippen MR) is 512 cm³/mol. The first-order chi connectivity index (χ1) is 58.7. The van der Waals surface area contributed by atoms with Gasteiger partial charge in [-0.3, -0.25) is 0 Å². The maximum absolute atomic E-state index is 7.15. The second kappa shape index (κ2) is 26.3. The molecule has 0 radical (unpaired) electrons. The van der Waals surface area contributed by atoms with E-state index in [1.165, 1.54) is 152 Å². The molecule has 10 aromatic heterocycles. The van der Waals surface area contributed by atoms with Crippen LogP contribution in [0.25, 0.3) is 234 Å². The number of fused-ring (bicyclic) bond motifs is 34. The minimum Gasteiger partial charge on any atom is -0.436 e. The molecule has 1 aliphatic heterocycles. The Balaban J connectivity index is 0.000000114. The molecule has 18 heteroatoms. The molecule has 11 heterocycles. The Morgan fingerprint density at radius 1 is 0.308 bits per heavy atom. The van der Waals surface area contributed by atoms with Crippen molar-refractivity contribution in [2.75, 3.05) is 0 Å².